The van der Waals surface area contributed by atoms with Gasteiger partial charge < -0.3 is 10.6 Å². The topological polar surface area (TPSA) is 54.0 Å². The molecule has 0 fully saturated rings. The van der Waals surface area contributed by atoms with Crippen LogP contribution in [0.4, 0.5) is 17.2 Å². The van der Waals surface area contributed by atoms with Gasteiger partial charge in [-0.2, -0.15) is 0 Å². The van der Waals surface area contributed by atoms with E-state index in [0.717, 1.165) is 15.8 Å². The van der Waals surface area contributed by atoms with Gasteiger partial charge in [-0.05, 0) is 48.5 Å². The van der Waals surface area contributed by atoms with Crippen molar-refractivity contribution in [1.29, 1.82) is 0 Å². The zero-order chi connectivity index (χ0) is 16.1. The van der Waals surface area contributed by atoms with Crippen LogP contribution in [0.1, 0.15) is 10.4 Å². The molecule has 0 aliphatic heterocycles. The Balaban J connectivity index is 1.66. The van der Waals surface area contributed by atoms with E-state index in [9.17, 15) is 4.79 Å². The first-order valence-corrected chi connectivity index (χ1v) is 7.85. The highest BCUT2D eigenvalue weighted by molar-refractivity contribution is 9.10. The van der Waals surface area contributed by atoms with Crippen LogP contribution < -0.4 is 10.6 Å². The van der Waals surface area contributed by atoms with Crippen molar-refractivity contribution in [3.05, 3.63) is 83.0 Å². The minimum atomic E-state index is -0.182. The van der Waals surface area contributed by atoms with Crippen LogP contribution in [-0.4, -0.2) is 10.9 Å². The van der Waals surface area contributed by atoms with Crippen molar-refractivity contribution in [3.63, 3.8) is 0 Å². The third-order valence-corrected chi connectivity index (χ3v) is 3.70. The standard InChI is InChI=1S/C18H14BrN3O/c19-14-7-9-16(10-8-14)21-17-11-6-13(12-20-17)18(23)22-15-4-2-1-3-5-15/h1-12H,(H,20,21)(H,22,23). The minimum Gasteiger partial charge on any atom is -0.340 e. The molecular weight excluding hydrogens is 354 g/mol. The van der Waals surface area contributed by atoms with E-state index in [-0.39, 0.29) is 5.91 Å². The fourth-order valence-corrected chi connectivity index (χ4v) is 2.27. The van der Waals surface area contributed by atoms with Crippen molar-refractivity contribution in [2.45, 2.75) is 0 Å². The molecule has 0 aliphatic rings. The highest BCUT2D eigenvalue weighted by atomic mass is 79.9. The molecule has 0 aliphatic carbocycles. The lowest BCUT2D eigenvalue weighted by atomic mass is 10.2. The molecule has 1 amide bonds. The van der Waals surface area contributed by atoms with Gasteiger partial charge in [-0.15, -0.1) is 0 Å². The maximum absolute atomic E-state index is 12.1. The second-order valence-electron chi connectivity index (χ2n) is 4.88. The molecule has 0 saturated heterocycles. The molecule has 0 radical (unpaired) electrons. The molecule has 0 saturated carbocycles. The van der Waals surface area contributed by atoms with Gasteiger partial charge in [-0.1, -0.05) is 34.1 Å². The summed E-state index contributed by atoms with van der Waals surface area (Å²) in [5.74, 6) is 0.502. The van der Waals surface area contributed by atoms with Gasteiger partial charge in [0.05, 0.1) is 5.56 Å². The Morgan fingerprint density at radius 1 is 0.870 bits per heavy atom. The first-order chi connectivity index (χ1) is 11.2. The molecule has 5 heteroatoms. The van der Waals surface area contributed by atoms with E-state index >= 15 is 0 Å². The fourth-order valence-electron chi connectivity index (χ4n) is 2.01. The molecule has 1 heterocycles. The van der Waals surface area contributed by atoms with Crippen molar-refractivity contribution in [3.8, 4) is 0 Å². The van der Waals surface area contributed by atoms with Gasteiger partial charge in [-0.25, -0.2) is 4.98 Å². The number of carbonyl (C=O) groups is 1. The van der Waals surface area contributed by atoms with E-state index in [2.05, 4.69) is 31.5 Å². The number of rotatable bonds is 4. The van der Waals surface area contributed by atoms with Crippen molar-refractivity contribution in [2.24, 2.45) is 0 Å². The summed E-state index contributed by atoms with van der Waals surface area (Å²) in [5, 5.41) is 6.01. The van der Waals surface area contributed by atoms with Gasteiger partial charge in [0.2, 0.25) is 0 Å². The molecule has 2 aromatic carbocycles. The Labute approximate surface area is 142 Å². The summed E-state index contributed by atoms with van der Waals surface area (Å²) in [6.07, 6.45) is 1.56. The summed E-state index contributed by atoms with van der Waals surface area (Å²) < 4.78 is 1.02. The number of benzene rings is 2. The normalized spacial score (nSPS) is 10.1. The van der Waals surface area contributed by atoms with Crippen LogP contribution in [0.5, 0.6) is 0 Å². The van der Waals surface area contributed by atoms with E-state index in [1.165, 1.54) is 0 Å². The van der Waals surface area contributed by atoms with Gasteiger partial charge in [-0.3, -0.25) is 4.79 Å². The van der Waals surface area contributed by atoms with E-state index in [1.54, 1.807) is 18.3 Å². The summed E-state index contributed by atoms with van der Waals surface area (Å²) in [4.78, 5) is 16.4. The second-order valence-corrected chi connectivity index (χ2v) is 5.80. The summed E-state index contributed by atoms with van der Waals surface area (Å²) >= 11 is 3.40. The molecule has 23 heavy (non-hydrogen) atoms. The van der Waals surface area contributed by atoms with Crippen LogP contribution in [0.15, 0.2) is 77.4 Å². The predicted octanol–water partition coefficient (Wildman–Crippen LogP) is 4.84. The Kier molecular flexibility index (Phi) is 4.68. The van der Waals surface area contributed by atoms with E-state index in [4.69, 9.17) is 0 Å². The van der Waals surface area contributed by atoms with Crippen LogP contribution in [0.3, 0.4) is 0 Å². The Morgan fingerprint density at radius 2 is 1.61 bits per heavy atom. The number of halogens is 1. The molecule has 4 nitrogen and oxygen atoms in total. The number of anilines is 3. The van der Waals surface area contributed by atoms with Crippen LogP contribution in [0.2, 0.25) is 0 Å². The van der Waals surface area contributed by atoms with E-state index in [1.807, 2.05) is 54.6 Å². The van der Waals surface area contributed by atoms with Crippen LogP contribution in [0.25, 0.3) is 0 Å². The number of hydrogen-bond acceptors (Lipinski definition) is 3. The SMILES string of the molecule is O=C(Nc1ccccc1)c1ccc(Nc2ccc(Br)cc2)nc1. The van der Waals surface area contributed by atoms with Crippen LogP contribution in [0, 0.1) is 0 Å². The molecule has 3 aromatic rings. The summed E-state index contributed by atoms with van der Waals surface area (Å²) in [6.45, 7) is 0. The molecule has 0 spiro atoms. The lowest BCUT2D eigenvalue weighted by Gasteiger charge is -2.07. The largest absolute Gasteiger partial charge is 0.340 e. The number of carbonyl (C=O) groups excluding carboxylic acids is 1. The van der Waals surface area contributed by atoms with E-state index in [0.29, 0.717) is 11.4 Å². The average molecular weight is 368 g/mol. The predicted molar refractivity (Wildman–Crippen MR) is 96.1 cm³/mol. The molecular formula is C18H14BrN3O. The molecule has 1 aromatic heterocycles. The van der Waals surface area contributed by atoms with Crippen molar-refractivity contribution >= 4 is 39.0 Å². The average Bonchev–Trinajstić information content (AvgIpc) is 2.58. The molecule has 3 rings (SSSR count). The van der Waals surface area contributed by atoms with Crippen LogP contribution >= 0.6 is 15.9 Å². The Morgan fingerprint density at radius 3 is 2.26 bits per heavy atom. The quantitative estimate of drug-likeness (QED) is 0.693. The van der Waals surface area contributed by atoms with Crippen molar-refractivity contribution in [2.75, 3.05) is 10.6 Å². The number of para-hydroxylation sites is 1. The highest BCUT2D eigenvalue weighted by Gasteiger charge is 2.06. The van der Waals surface area contributed by atoms with Gasteiger partial charge in [0.25, 0.3) is 5.91 Å². The number of hydrogen-bond donors (Lipinski definition) is 2. The monoisotopic (exact) mass is 367 g/mol. The smallest absolute Gasteiger partial charge is 0.257 e. The van der Waals surface area contributed by atoms with Crippen molar-refractivity contribution in [1.82, 2.24) is 4.98 Å². The summed E-state index contributed by atoms with van der Waals surface area (Å²) in [7, 11) is 0. The first-order valence-electron chi connectivity index (χ1n) is 7.06. The van der Waals surface area contributed by atoms with Gasteiger partial charge >= 0.3 is 0 Å². The Hall–Kier alpha value is -2.66. The number of aromatic nitrogens is 1. The lowest BCUT2D eigenvalue weighted by molar-refractivity contribution is 0.102. The number of pyridine rings is 1. The maximum Gasteiger partial charge on any atom is 0.257 e. The molecule has 0 atom stereocenters. The van der Waals surface area contributed by atoms with Gasteiger partial charge in [0, 0.05) is 22.0 Å². The maximum atomic E-state index is 12.1. The molecule has 114 valence electrons. The first kappa shape index (κ1) is 15.2. The zero-order valence-corrected chi connectivity index (χ0v) is 13.7. The zero-order valence-electron chi connectivity index (χ0n) is 12.2. The Bertz CT molecular complexity index is 787. The third-order valence-electron chi connectivity index (χ3n) is 3.17. The number of nitrogens with zero attached hydrogens (tertiary/aromatic N) is 1. The van der Waals surface area contributed by atoms with Gasteiger partial charge in [0.15, 0.2) is 0 Å². The summed E-state index contributed by atoms with van der Waals surface area (Å²) in [6, 6.07) is 20.6. The lowest BCUT2D eigenvalue weighted by Crippen LogP contribution is -2.12. The molecule has 2 N–H and O–H groups in total. The highest BCUT2D eigenvalue weighted by Crippen LogP contribution is 2.18. The number of amides is 1. The second kappa shape index (κ2) is 7.07. The molecule has 0 bridgehead atoms. The summed E-state index contributed by atoms with van der Waals surface area (Å²) in [5.41, 5.74) is 2.20. The number of nitrogens with one attached hydrogen (secondary N) is 2. The van der Waals surface area contributed by atoms with Crippen molar-refractivity contribution < 1.29 is 4.79 Å². The van der Waals surface area contributed by atoms with Gasteiger partial charge in [0.1, 0.15) is 5.82 Å². The van der Waals surface area contributed by atoms with E-state index < -0.39 is 0 Å². The fraction of sp³-hybridized carbons (Fsp3) is 0. The third kappa shape index (κ3) is 4.17. The molecule has 0 unspecified atom stereocenters. The van der Waals surface area contributed by atoms with Crippen LogP contribution in [-0.2, 0) is 0 Å². The minimum absolute atomic E-state index is 0.182.